The number of hydrogen-bond donors (Lipinski definition) is 1. The lowest BCUT2D eigenvalue weighted by molar-refractivity contribution is 0.0714. The van der Waals surface area contributed by atoms with Crippen molar-refractivity contribution < 1.29 is 14.1 Å². The molecular weight excluding hydrogens is 306 g/mol. The summed E-state index contributed by atoms with van der Waals surface area (Å²) in [4.78, 5) is 14.5. The van der Waals surface area contributed by atoms with Crippen molar-refractivity contribution in [2.24, 2.45) is 5.73 Å². The maximum Gasteiger partial charge on any atom is 0.253 e. The summed E-state index contributed by atoms with van der Waals surface area (Å²) < 4.78 is 10.9. The van der Waals surface area contributed by atoms with Gasteiger partial charge in [0, 0.05) is 24.7 Å². The van der Waals surface area contributed by atoms with Crippen LogP contribution in [-0.4, -0.2) is 35.1 Å². The maximum atomic E-state index is 12.6. The normalized spacial score (nSPS) is 15.5. The molecule has 1 fully saturated rings. The van der Waals surface area contributed by atoms with Gasteiger partial charge in [-0.2, -0.15) is 0 Å². The molecule has 2 aromatic rings. The van der Waals surface area contributed by atoms with Gasteiger partial charge in [-0.25, -0.2) is 0 Å². The van der Waals surface area contributed by atoms with Gasteiger partial charge in [-0.05, 0) is 44.9 Å². The Morgan fingerprint density at radius 1 is 1.38 bits per heavy atom. The van der Waals surface area contributed by atoms with E-state index in [4.69, 9.17) is 15.0 Å². The lowest BCUT2D eigenvalue weighted by Gasteiger charge is -2.30. The Balaban J connectivity index is 1.66. The molecule has 0 saturated carbocycles. The highest BCUT2D eigenvalue weighted by atomic mass is 16.5. The number of piperidine rings is 1. The first-order valence-corrected chi connectivity index (χ1v) is 8.24. The molecule has 0 atom stereocenters. The van der Waals surface area contributed by atoms with E-state index in [-0.39, 0.29) is 11.9 Å². The number of aryl methyl sites for hydroxylation is 2. The molecular formula is C18H23N3O3. The van der Waals surface area contributed by atoms with Crippen LogP contribution < -0.4 is 10.5 Å². The molecule has 1 aromatic carbocycles. The Morgan fingerprint density at radius 2 is 2.12 bits per heavy atom. The van der Waals surface area contributed by atoms with E-state index in [1.54, 1.807) is 6.07 Å². The lowest BCUT2D eigenvalue weighted by atomic mass is 10.0. The smallest absolute Gasteiger partial charge is 0.253 e. The Kier molecular flexibility index (Phi) is 4.85. The molecule has 6 nitrogen and oxygen atoms in total. The highest BCUT2D eigenvalue weighted by Gasteiger charge is 2.22. The average molecular weight is 329 g/mol. The zero-order chi connectivity index (χ0) is 17.1. The maximum absolute atomic E-state index is 12.6. The zero-order valence-electron chi connectivity index (χ0n) is 14.1. The van der Waals surface area contributed by atoms with Crippen molar-refractivity contribution in [1.82, 2.24) is 10.1 Å². The van der Waals surface area contributed by atoms with Gasteiger partial charge in [0.05, 0.1) is 11.3 Å². The summed E-state index contributed by atoms with van der Waals surface area (Å²) in [6.07, 6.45) is 1.71. The lowest BCUT2D eigenvalue weighted by Crippen LogP contribution is -2.42. The first-order chi connectivity index (χ1) is 11.5. The van der Waals surface area contributed by atoms with Gasteiger partial charge in [0.2, 0.25) is 0 Å². The van der Waals surface area contributed by atoms with Gasteiger partial charge < -0.3 is 19.9 Å². The molecule has 0 radical (unpaired) electrons. The van der Waals surface area contributed by atoms with Gasteiger partial charge in [-0.15, -0.1) is 0 Å². The van der Waals surface area contributed by atoms with Gasteiger partial charge in [0.25, 0.3) is 5.91 Å². The molecule has 1 aliphatic rings. The van der Waals surface area contributed by atoms with E-state index < -0.39 is 0 Å². The fraction of sp³-hybridized carbons (Fsp3) is 0.444. The number of ether oxygens (including phenoxy) is 1. The quantitative estimate of drug-likeness (QED) is 0.931. The van der Waals surface area contributed by atoms with E-state index in [1.165, 1.54) is 0 Å². The summed E-state index contributed by atoms with van der Waals surface area (Å²) in [6.45, 7) is 5.54. The van der Waals surface area contributed by atoms with Crippen LogP contribution >= 0.6 is 0 Å². The van der Waals surface area contributed by atoms with Crippen molar-refractivity contribution in [3.8, 4) is 5.75 Å². The largest absolute Gasteiger partial charge is 0.489 e. The third kappa shape index (κ3) is 3.59. The van der Waals surface area contributed by atoms with Crippen molar-refractivity contribution >= 4 is 5.91 Å². The molecule has 0 aliphatic carbocycles. The van der Waals surface area contributed by atoms with Crippen LogP contribution in [0.3, 0.4) is 0 Å². The Labute approximate surface area is 141 Å². The molecule has 1 amide bonds. The minimum atomic E-state index is 0.0321. The van der Waals surface area contributed by atoms with Gasteiger partial charge in [0.15, 0.2) is 0 Å². The topological polar surface area (TPSA) is 81.6 Å². The summed E-state index contributed by atoms with van der Waals surface area (Å²) in [5, 5.41) is 3.92. The van der Waals surface area contributed by atoms with Crippen LogP contribution in [0.25, 0.3) is 0 Å². The van der Waals surface area contributed by atoms with E-state index in [1.807, 2.05) is 36.9 Å². The Hall–Kier alpha value is -2.34. The van der Waals surface area contributed by atoms with Crippen molar-refractivity contribution in [2.75, 3.05) is 13.1 Å². The molecule has 0 spiro atoms. The zero-order valence-corrected chi connectivity index (χ0v) is 14.1. The first-order valence-electron chi connectivity index (χ1n) is 8.24. The molecule has 128 valence electrons. The molecule has 6 heteroatoms. The van der Waals surface area contributed by atoms with Crippen molar-refractivity contribution in [2.45, 2.75) is 39.3 Å². The first kappa shape index (κ1) is 16.5. The molecule has 0 bridgehead atoms. The Morgan fingerprint density at radius 3 is 2.79 bits per heavy atom. The third-order valence-corrected chi connectivity index (χ3v) is 4.47. The van der Waals surface area contributed by atoms with Gasteiger partial charge in [-0.1, -0.05) is 11.2 Å². The van der Waals surface area contributed by atoms with Crippen molar-refractivity contribution in [3.05, 3.63) is 46.8 Å². The SMILES string of the molecule is Cc1noc(C)c1COc1cccc(C(=O)N2CCC(N)CC2)c1. The van der Waals surface area contributed by atoms with Crippen LogP contribution in [0.4, 0.5) is 0 Å². The second-order valence-corrected chi connectivity index (χ2v) is 6.25. The van der Waals surface area contributed by atoms with Crippen molar-refractivity contribution in [3.63, 3.8) is 0 Å². The second kappa shape index (κ2) is 7.05. The van der Waals surface area contributed by atoms with Gasteiger partial charge in [-0.3, -0.25) is 4.79 Å². The predicted octanol–water partition coefficient (Wildman–Crippen LogP) is 2.43. The minimum Gasteiger partial charge on any atom is -0.489 e. The number of carbonyl (C=O) groups excluding carboxylic acids is 1. The number of hydrogen-bond acceptors (Lipinski definition) is 5. The number of rotatable bonds is 4. The summed E-state index contributed by atoms with van der Waals surface area (Å²) >= 11 is 0. The fourth-order valence-electron chi connectivity index (χ4n) is 2.87. The summed E-state index contributed by atoms with van der Waals surface area (Å²) in [6, 6.07) is 7.50. The van der Waals surface area contributed by atoms with Crippen LogP contribution in [0.5, 0.6) is 5.75 Å². The standard InChI is InChI=1S/C18H23N3O3/c1-12-17(13(2)24-20-12)11-23-16-5-3-4-14(10-16)18(22)21-8-6-15(19)7-9-21/h3-5,10,15H,6-9,11,19H2,1-2H3. The number of nitrogens with two attached hydrogens (primary N) is 1. The monoisotopic (exact) mass is 329 g/mol. The molecule has 1 aliphatic heterocycles. The number of benzene rings is 1. The molecule has 0 unspecified atom stereocenters. The number of likely N-dealkylation sites (tertiary alicyclic amines) is 1. The van der Waals surface area contributed by atoms with E-state index in [9.17, 15) is 4.79 Å². The molecule has 3 rings (SSSR count). The molecule has 24 heavy (non-hydrogen) atoms. The average Bonchev–Trinajstić information content (AvgIpc) is 2.91. The second-order valence-electron chi connectivity index (χ2n) is 6.25. The van der Waals surface area contributed by atoms with Crippen LogP contribution in [0.2, 0.25) is 0 Å². The van der Waals surface area contributed by atoms with Gasteiger partial charge in [0.1, 0.15) is 18.1 Å². The van der Waals surface area contributed by atoms with Crippen LogP contribution in [0.15, 0.2) is 28.8 Å². The highest BCUT2D eigenvalue weighted by molar-refractivity contribution is 5.94. The number of carbonyl (C=O) groups is 1. The van der Waals surface area contributed by atoms with Crippen LogP contribution in [-0.2, 0) is 6.61 Å². The van der Waals surface area contributed by atoms with E-state index in [2.05, 4.69) is 5.16 Å². The fourth-order valence-corrected chi connectivity index (χ4v) is 2.87. The van der Waals surface area contributed by atoms with E-state index in [0.717, 1.165) is 29.9 Å². The third-order valence-electron chi connectivity index (χ3n) is 4.47. The minimum absolute atomic E-state index is 0.0321. The van der Waals surface area contributed by atoms with Crippen molar-refractivity contribution in [1.29, 1.82) is 0 Å². The number of amides is 1. The van der Waals surface area contributed by atoms with E-state index in [0.29, 0.717) is 31.0 Å². The summed E-state index contributed by atoms with van der Waals surface area (Å²) in [5.74, 6) is 1.45. The van der Waals surface area contributed by atoms with Crippen LogP contribution in [0, 0.1) is 13.8 Å². The van der Waals surface area contributed by atoms with E-state index >= 15 is 0 Å². The number of aromatic nitrogens is 1. The van der Waals surface area contributed by atoms with Gasteiger partial charge >= 0.3 is 0 Å². The molecule has 1 saturated heterocycles. The molecule has 2 N–H and O–H groups in total. The highest BCUT2D eigenvalue weighted by Crippen LogP contribution is 2.20. The molecule has 2 heterocycles. The summed E-state index contributed by atoms with van der Waals surface area (Å²) in [7, 11) is 0. The Bertz CT molecular complexity index is 699. The predicted molar refractivity (Wildman–Crippen MR) is 89.9 cm³/mol. The number of nitrogens with zero attached hydrogens (tertiary/aromatic N) is 2. The van der Waals surface area contributed by atoms with Crippen LogP contribution in [0.1, 0.15) is 40.2 Å². The molecule has 1 aromatic heterocycles. The summed E-state index contributed by atoms with van der Waals surface area (Å²) in [5.41, 5.74) is 8.30.